The molecule has 0 saturated heterocycles. The molecular formula is C23H26N2O4. The maximum atomic E-state index is 12.3. The zero-order valence-corrected chi connectivity index (χ0v) is 17.4. The Hall–Kier alpha value is -3.28. The van der Waals surface area contributed by atoms with E-state index in [0.29, 0.717) is 5.75 Å². The normalized spacial score (nSPS) is 11.9. The lowest BCUT2D eigenvalue weighted by Gasteiger charge is -2.17. The molecular weight excluding hydrogens is 368 g/mol. The van der Waals surface area contributed by atoms with Gasteiger partial charge in [0.25, 0.3) is 5.91 Å². The Morgan fingerprint density at radius 2 is 1.72 bits per heavy atom. The van der Waals surface area contributed by atoms with Crippen LogP contribution in [0.2, 0.25) is 0 Å². The SMILES string of the molecule is Cc1cccc(OC(C)C(=O)NNC(=O)Cc2coc3c(C)c(C)ccc23)c1C. The third-order valence-electron chi connectivity index (χ3n) is 5.25. The molecule has 1 unspecified atom stereocenters. The Morgan fingerprint density at radius 1 is 1.00 bits per heavy atom. The second-order valence-corrected chi connectivity index (χ2v) is 7.32. The van der Waals surface area contributed by atoms with E-state index in [2.05, 4.69) is 10.9 Å². The average molecular weight is 394 g/mol. The highest BCUT2D eigenvalue weighted by Crippen LogP contribution is 2.26. The Kier molecular flexibility index (Phi) is 5.92. The van der Waals surface area contributed by atoms with Gasteiger partial charge in [-0.05, 0) is 62.9 Å². The third kappa shape index (κ3) is 4.42. The Morgan fingerprint density at radius 3 is 2.48 bits per heavy atom. The van der Waals surface area contributed by atoms with E-state index in [1.165, 1.54) is 0 Å². The maximum Gasteiger partial charge on any atom is 0.279 e. The van der Waals surface area contributed by atoms with Crippen molar-refractivity contribution in [3.05, 3.63) is 64.4 Å². The molecule has 0 spiro atoms. The molecule has 0 aliphatic carbocycles. The van der Waals surface area contributed by atoms with Crippen LogP contribution in [-0.4, -0.2) is 17.9 Å². The Balaban J connectivity index is 1.57. The van der Waals surface area contributed by atoms with E-state index in [0.717, 1.165) is 38.8 Å². The Labute approximate surface area is 170 Å². The summed E-state index contributed by atoms with van der Waals surface area (Å²) in [5, 5.41) is 0.904. The van der Waals surface area contributed by atoms with Crippen molar-refractivity contribution in [2.45, 2.75) is 47.1 Å². The number of rotatable bonds is 5. The number of amides is 2. The fourth-order valence-corrected chi connectivity index (χ4v) is 3.07. The van der Waals surface area contributed by atoms with Crippen molar-refractivity contribution < 1.29 is 18.7 Å². The number of fused-ring (bicyclic) bond motifs is 1. The van der Waals surface area contributed by atoms with E-state index < -0.39 is 12.0 Å². The van der Waals surface area contributed by atoms with Crippen LogP contribution in [0.4, 0.5) is 0 Å². The van der Waals surface area contributed by atoms with Crippen molar-refractivity contribution in [2.24, 2.45) is 0 Å². The monoisotopic (exact) mass is 394 g/mol. The number of aryl methyl sites for hydroxylation is 3. The van der Waals surface area contributed by atoms with Gasteiger partial charge in [0, 0.05) is 10.9 Å². The largest absolute Gasteiger partial charge is 0.481 e. The smallest absolute Gasteiger partial charge is 0.279 e. The molecule has 6 nitrogen and oxygen atoms in total. The third-order valence-corrected chi connectivity index (χ3v) is 5.25. The zero-order valence-electron chi connectivity index (χ0n) is 17.4. The van der Waals surface area contributed by atoms with Crippen LogP contribution in [0.1, 0.15) is 34.7 Å². The lowest BCUT2D eigenvalue weighted by Crippen LogP contribution is -2.47. The molecule has 0 saturated carbocycles. The summed E-state index contributed by atoms with van der Waals surface area (Å²) in [7, 11) is 0. The lowest BCUT2D eigenvalue weighted by molar-refractivity contribution is -0.132. The number of carbonyl (C=O) groups is 2. The first-order valence-electron chi connectivity index (χ1n) is 9.55. The number of benzene rings is 2. The molecule has 6 heteroatoms. The van der Waals surface area contributed by atoms with Crippen LogP contribution in [0.5, 0.6) is 5.75 Å². The molecule has 2 amide bonds. The topological polar surface area (TPSA) is 80.6 Å². The van der Waals surface area contributed by atoms with E-state index >= 15 is 0 Å². The first-order valence-corrected chi connectivity index (χ1v) is 9.55. The van der Waals surface area contributed by atoms with Gasteiger partial charge in [-0.1, -0.05) is 24.3 Å². The second-order valence-electron chi connectivity index (χ2n) is 7.32. The highest BCUT2D eigenvalue weighted by atomic mass is 16.5. The fraction of sp³-hybridized carbons (Fsp3) is 0.304. The molecule has 29 heavy (non-hydrogen) atoms. The Bertz CT molecular complexity index is 1070. The predicted octanol–water partition coefficient (Wildman–Crippen LogP) is 3.82. The fourth-order valence-electron chi connectivity index (χ4n) is 3.07. The van der Waals surface area contributed by atoms with Crippen molar-refractivity contribution in [3.8, 4) is 5.75 Å². The van der Waals surface area contributed by atoms with Crippen molar-refractivity contribution in [1.29, 1.82) is 0 Å². The standard InChI is InChI=1S/C23H26N2O4/c1-13-7-6-8-20(15(13)3)29-17(5)23(27)25-24-21(26)11-18-12-28-22-16(4)14(2)9-10-19(18)22/h6-10,12,17H,11H2,1-5H3,(H,24,26)(H,25,27). The molecule has 1 aromatic heterocycles. The van der Waals surface area contributed by atoms with Crippen LogP contribution in [-0.2, 0) is 16.0 Å². The van der Waals surface area contributed by atoms with Crippen LogP contribution in [0.15, 0.2) is 41.0 Å². The predicted molar refractivity (Wildman–Crippen MR) is 112 cm³/mol. The minimum absolute atomic E-state index is 0.0992. The quantitative estimate of drug-likeness (QED) is 0.645. The van der Waals surface area contributed by atoms with Gasteiger partial charge < -0.3 is 9.15 Å². The average Bonchev–Trinajstić information content (AvgIpc) is 3.09. The van der Waals surface area contributed by atoms with Crippen LogP contribution in [0, 0.1) is 27.7 Å². The highest BCUT2D eigenvalue weighted by molar-refractivity contribution is 5.90. The molecule has 0 aliphatic rings. The van der Waals surface area contributed by atoms with E-state index in [-0.39, 0.29) is 12.3 Å². The maximum absolute atomic E-state index is 12.3. The molecule has 2 N–H and O–H groups in total. The van der Waals surface area contributed by atoms with Crippen molar-refractivity contribution in [2.75, 3.05) is 0 Å². The summed E-state index contributed by atoms with van der Waals surface area (Å²) in [4.78, 5) is 24.6. The van der Waals surface area contributed by atoms with Crippen molar-refractivity contribution in [1.82, 2.24) is 10.9 Å². The van der Waals surface area contributed by atoms with Gasteiger partial charge in [0.05, 0.1) is 12.7 Å². The van der Waals surface area contributed by atoms with Crippen LogP contribution in [0.25, 0.3) is 11.0 Å². The summed E-state index contributed by atoms with van der Waals surface area (Å²) in [6, 6.07) is 9.63. The van der Waals surface area contributed by atoms with E-state index in [4.69, 9.17) is 9.15 Å². The molecule has 0 aliphatic heterocycles. The summed E-state index contributed by atoms with van der Waals surface area (Å²) < 4.78 is 11.4. The van der Waals surface area contributed by atoms with Gasteiger partial charge in [-0.3, -0.25) is 20.4 Å². The van der Waals surface area contributed by atoms with E-state index in [1.807, 2.05) is 58.0 Å². The summed E-state index contributed by atoms with van der Waals surface area (Å²) in [6.07, 6.45) is 0.934. The van der Waals surface area contributed by atoms with Gasteiger partial charge in [0.15, 0.2) is 6.10 Å². The van der Waals surface area contributed by atoms with Gasteiger partial charge in [-0.25, -0.2) is 0 Å². The first kappa shape index (κ1) is 20.5. The molecule has 3 aromatic rings. The lowest BCUT2D eigenvalue weighted by atomic mass is 10.0. The molecule has 0 radical (unpaired) electrons. The molecule has 3 rings (SSSR count). The summed E-state index contributed by atoms with van der Waals surface area (Å²) in [6.45, 7) is 9.56. The number of ether oxygens (including phenoxy) is 1. The number of furan rings is 1. The van der Waals surface area contributed by atoms with Crippen LogP contribution >= 0.6 is 0 Å². The zero-order chi connectivity index (χ0) is 21.1. The highest BCUT2D eigenvalue weighted by Gasteiger charge is 2.18. The minimum Gasteiger partial charge on any atom is -0.481 e. The van der Waals surface area contributed by atoms with Crippen molar-refractivity contribution >= 4 is 22.8 Å². The first-order chi connectivity index (χ1) is 13.8. The molecule has 0 fully saturated rings. The molecule has 152 valence electrons. The van der Waals surface area contributed by atoms with Crippen LogP contribution in [0.3, 0.4) is 0 Å². The number of nitrogens with one attached hydrogen (secondary N) is 2. The molecule has 0 bridgehead atoms. The number of hydrogen-bond donors (Lipinski definition) is 2. The van der Waals surface area contributed by atoms with E-state index in [1.54, 1.807) is 13.2 Å². The summed E-state index contributed by atoms with van der Waals surface area (Å²) in [5.41, 5.74) is 10.7. The molecule has 2 aromatic carbocycles. The molecule has 1 heterocycles. The second kappa shape index (κ2) is 8.39. The van der Waals surface area contributed by atoms with Crippen LogP contribution < -0.4 is 15.6 Å². The van der Waals surface area contributed by atoms with Crippen molar-refractivity contribution in [3.63, 3.8) is 0 Å². The minimum atomic E-state index is -0.754. The number of hydrazine groups is 1. The number of hydrogen-bond acceptors (Lipinski definition) is 4. The van der Waals surface area contributed by atoms with E-state index in [9.17, 15) is 9.59 Å². The van der Waals surface area contributed by atoms with Gasteiger partial charge in [0.1, 0.15) is 11.3 Å². The summed E-state index contributed by atoms with van der Waals surface area (Å²) in [5.74, 6) is -0.115. The number of carbonyl (C=O) groups excluding carboxylic acids is 2. The van der Waals surface area contributed by atoms with Gasteiger partial charge in [0.2, 0.25) is 5.91 Å². The molecule has 1 atom stereocenters. The summed E-state index contributed by atoms with van der Waals surface area (Å²) >= 11 is 0. The van der Waals surface area contributed by atoms with Gasteiger partial charge in [-0.2, -0.15) is 0 Å². The van der Waals surface area contributed by atoms with Gasteiger partial charge in [-0.15, -0.1) is 0 Å². The van der Waals surface area contributed by atoms with Gasteiger partial charge >= 0.3 is 0 Å².